The Kier molecular flexibility index (Phi) is 7.32. The average molecular weight is 347 g/mol. The SMILES string of the molecule is CCc1ccc(S(=O)(=O)NC2CCCC2CN)cc1CC.Cl. The molecule has 1 aromatic rings. The zero-order chi connectivity index (χ0) is 15.5. The predicted molar refractivity (Wildman–Crippen MR) is 93.0 cm³/mol. The third kappa shape index (κ3) is 4.22. The predicted octanol–water partition coefficient (Wildman–Crippen LogP) is 2.64. The Balaban J connectivity index is 0.00000242. The van der Waals surface area contributed by atoms with Crippen LogP contribution in [0.25, 0.3) is 0 Å². The molecule has 2 rings (SSSR count). The van der Waals surface area contributed by atoms with E-state index in [1.807, 2.05) is 12.1 Å². The van der Waals surface area contributed by atoms with Gasteiger partial charge in [-0.05, 0) is 61.4 Å². The summed E-state index contributed by atoms with van der Waals surface area (Å²) in [4.78, 5) is 0.374. The lowest BCUT2D eigenvalue weighted by atomic mass is 10.0. The standard InChI is InChI=1S/C16H26N2O2S.ClH/c1-3-12-8-9-15(10-13(12)4-2)21(19,20)18-16-7-5-6-14(16)11-17;/h8-10,14,16,18H,3-7,11,17H2,1-2H3;1H. The molecule has 0 aliphatic heterocycles. The summed E-state index contributed by atoms with van der Waals surface area (Å²) in [6.45, 7) is 4.69. The van der Waals surface area contributed by atoms with Crippen molar-refractivity contribution in [1.82, 2.24) is 4.72 Å². The number of hydrogen-bond donors (Lipinski definition) is 2. The highest BCUT2D eigenvalue weighted by molar-refractivity contribution is 7.89. The number of aryl methyl sites for hydroxylation is 2. The summed E-state index contributed by atoms with van der Waals surface area (Å²) in [5.74, 6) is 0.264. The Morgan fingerprint density at radius 2 is 1.86 bits per heavy atom. The highest BCUT2D eigenvalue weighted by Gasteiger charge is 2.30. The van der Waals surface area contributed by atoms with E-state index < -0.39 is 10.0 Å². The van der Waals surface area contributed by atoms with Gasteiger partial charge in [-0.25, -0.2) is 13.1 Å². The molecule has 0 heterocycles. The van der Waals surface area contributed by atoms with Crippen molar-refractivity contribution < 1.29 is 8.42 Å². The van der Waals surface area contributed by atoms with Crippen LogP contribution >= 0.6 is 12.4 Å². The number of hydrogen-bond acceptors (Lipinski definition) is 3. The lowest BCUT2D eigenvalue weighted by molar-refractivity contribution is 0.453. The Labute approximate surface area is 140 Å². The Morgan fingerprint density at radius 3 is 2.45 bits per heavy atom. The molecule has 1 aliphatic carbocycles. The monoisotopic (exact) mass is 346 g/mol. The molecule has 0 radical (unpaired) electrons. The summed E-state index contributed by atoms with van der Waals surface area (Å²) >= 11 is 0. The lowest BCUT2D eigenvalue weighted by Crippen LogP contribution is -2.39. The van der Waals surface area contributed by atoms with Gasteiger partial charge in [-0.3, -0.25) is 0 Å². The molecule has 2 unspecified atom stereocenters. The van der Waals surface area contributed by atoms with Crippen LogP contribution in [-0.2, 0) is 22.9 Å². The van der Waals surface area contributed by atoms with Gasteiger partial charge in [0.05, 0.1) is 4.90 Å². The van der Waals surface area contributed by atoms with Crippen molar-refractivity contribution in [2.45, 2.75) is 56.9 Å². The average Bonchev–Trinajstić information content (AvgIpc) is 2.92. The Bertz CT molecular complexity index is 590. The van der Waals surface area contributed by atoms with Crippen LogP contribution in [0.1, 0.15) is 44.2 Å². The van der Waals surface area contributed by atoms with Gasteiger partial charge in [0.1, 0.15) is 0 Å². The molecule has 126 valence electrons. The Hall–Kier alpha value is -0.620. The fourth-order valence-corrected chi connectivity index (χ4v) is 4.57. The van der Waals surface area contributed by atoms with Gasteiger partial charge >= 0.3 is 0 Å². The summed E-state index contributed by atoms with van der Waals surface area (Å²) in [5.41, 5.74) is 8.06. The Morgan fingerprint density at radius 1 is 1.18 bits per heavy atom. The van der Waals surface area contributed by atoms with E-state index in [2.05, 4.69) is 18.6 Å². The van der Waals surface area contributed by atoms with Crippen LogP contribution in [0.2, 0.25) is 0 Å². The maximum absolute atomic E-state index is 12.6. The van der Waals surface area contributed by atoms with Crippen LogP contribution in [0.3, 0.4) is 0 Å². The van der Waals surface area contributed by atoms with Crippen LogP contribution in [0.15, 0.2) is 23.1 Å². The maximum atomic E-state index is 12.6. The van der Waals surface area contributed by atoms with Gasteiger partial charge in [-0.2, -0.15) is 0 Å². The molecule has 0 bridgehead atoms. The molecule has 2 atom stereocenters. The van der Waals surface area contributed by atoms with Crippen molar-refractivity contribution in [2.24, 2.45) is 11.7 Å². The van der Waals surface area contributed by atoms with Gasteiger partial charge in [0, 0.05) is 6.04 Å². The molecule has 1 fully saturated rings. The van der Waals surface area contributed by atoms with Crippen LogP contribution in [0.4, 0.5) is 0 Å². The van der Waals surface area contributed by atoms with Gasteiger partial charge < -0.3 is 5.73 Å². The normalized spacial score (nSPS) is 21.6. The second-order valence-corrected chi connectivity index (χ2v) is 7.51. The number of rotatable bonds is 6. The van der Waals surface area contributed by atoms with Gasteiger partial charge in [0.25, 0.3) is 0 Å². The topological polar surface area (TPSA) is 72.2 Å². The summed E-state index contributed by atoms with van der Waals surface area (Å²) in [7, 11) is -3.45. The highest BCUT2D eigenvalue weighted by atomic mass is 35.5. The minimum absolute atomic E-state index is 0. The fraction of sp³-hybridized carbons (Fsp3) is 0.625. The fourth-order valence-electron chi connectivity index (χ4n) is 3.18. The van der Waals surface area contributed by atoms with E-state index in [0.29, 0.717) is 11.4 Å². The smallest absolute Gasteiger partial charge is 0.240 e. The van der Waals surface area contributed by atoms with Crippen LogP contribution in [-0.4, -0.2) is 21.0 Å². The van der Waals surface area contributed by atoms with E-state index in [9.17, 15) is 8.42 Å². The van der Waals surface area contributed by atoms with Gasteiger partial charge in [0.15, 0.2) is 0 Å². The highest BCUT2D eigenvalue weighted by Crippen LogP contribution is 2.26. The quantitative estimate of drug-likeness (QED) is 0.831. The van der Waals surface area contributed by atoms with Crippen molar-refractivity contribution in [3.63, 3.8) is 0 Å². The van der Waals surface area contributed by atoms with E-state index in [4.69, 9.17) is 5.73 Å². The maximum Gasteiger partial charge on any atom is 0.240 e. The first-order chi connectivity index (χ1) is 10.0. The van der Waals surface area contributed by atoms with Crippen LogP contribution < -0.4 is 10.5 Å². The van der Waals surface area contributed by atoms with E-state index in [0.717, 1.165) is 37.7 Å². The molecule has 22 heavy (non-hydrogen) atoms. The number of halogens is 1. The van der Waals surface area contributed by atoms with E-state index in [1.54, 1.807) is 6.07 Å². The number of sulfonamides is 1. The molecule has 0 aromatic heterocycles. The minimum Gasteiger partial charge on any atom is -0.330 e. The summed E-state index contributed by atoms with van der Waals surface area (Å²) in [5, 5.41) is 0. The number of benzene rings is 1. The van der Waals surface area contributed by atoms with E-state index in [-0.39, 0.29) is 24.4 Å². The zero-order valence-corrected chi connectivity index (χ0v) is 15.0. The summed E-state index contributed by atoms with van der Waals surface area (Å²) < 4.78 is 28.0. The van der Waals surface area contributed by atoms with Gasteiger partial charge in [0.2, 0.25) is 10.0 Å². The van der Waals surface area contributed by atoms with Crippen molar-refractivity contribution >= 4 is 22.4 Å². The van der Waals surface area contributed by atoms with Crippen molar-refractivity contribution in [3.8, 4) is 0 Å². The molecular weight excluding hydrogens is 320 g/mol. The third-order valence-corrected chi connectivity index (χ3v) is 6.01. The molecule has 0 amide bonds. The molecule has 0 saturated heterocycles. The molecule has 3 N–H and O–H groups in total. The molecule has 0 spiro atoms. The summed E-state index contributed by atoms with van der Waals surface area (Å²) in [6.07, 6.45) is 4.72. The van der Waals surface area contributed by atoms with Crippen molar-refractivity contribution in [3.05, 3.63) is 29.3 Å². The van der Waals surface area contributed by atoms with E-state index in [1.165, 1.54) is 5.56 Å². The van der Waals surface area contributed by atoms with Crippen molar-refractivity contribution in [1.29, 1.82) is 0 Å². The second kappa shape index (κ2) is 8.29. The van der Waals surface area contributed by atoms with E-state index >= 15 is 0 Å². The summed E-state index contributed by atoms with van der Waals surface area (Å²) in [6, 6.07) is 5.44. The van der Waals surface area contributed by atoms with Gasteiger partial charge in [-0.1, -0.05) is 26.3 Å². The number of nitrogens with two attached hydrogens (primary N) is 1. The zero-order valence-electron chi connectivity index (χ0n) is 13.3. The molecule has 6 heteroatoms. The molecule has 1 saturated carbocycles. The first-order valence-electron chi connectivity index (χ1n) is 7.86. The minimum atomic E-state index is -3.45. The van der Waals surface area contributed by atoms with Crippen LogP contribution in [0, 0.1) is 5.92 Å². The first-order valence-corrected chi connectivity index (χ1v) is 9.34. The largest absolute Gasteiger partial charge is 0.330 e. The molecule has 1 aliphatic rings. The molecule has 1 aromatic carbocycles. The number of nitrogens with one attached hydrogen (secondary N) is 1. The second-order valence-electron chi connectivity index (χ2n) is 5.79. The first kappa shape index (κ1) is 19.4. The third-order valence-electron chi connectivity index (χ3n) is 4.52. The molecular formula is C16H27ClN2O2S. The van der Waals surface area contributed by atoms with Crippen LogP contribution in [0.5, 0.6) is 0 Å². The lowest BCUT2D eigenvalue weighted by Gasteiger charge is -2.20. The van der Waals surface area contributed by atoms with Gasteiger partial charge in [-0.15, -0.1) is 12.4 Å². The van der Waals surface area contributed by atoms with Crippen molar-refractivity contribution in [2.75, 3.05) is 6.54 Å². The molecule has 4 nitrogen and oxygen atoms in total.